The van der Waals surface area contributed by atoms with Gasteiger partial charge in [0.1, 0.15) is 5.75 Å². The normalized spacial score (nSPS) is 12.3. The highest BCUT2D eigenvalue weighted by atomic mass is 32.1. The van der Waals surface area contributed by atoms with Crippen LogP contribution >= 0.6 is 11.3 Å². The molecule has 1 amide bonds. The number of unbranched alkanes of at least 4 members (excludes halogenated alkanes) is 2. The molecular formula is C30H40N6O2S. The Bertz CT molecular complexity index is 1480. The van der Waals surface area contributed by atoms with Crippen LogP contribution in [0.2, 0.25) is 0 Å². The molecule has 0 atom stereocenters. The smallest absolute Gasteiger partial charge is 0.221 e. The van der Waals surface area contributed by atoms with Crippen LogP contribution in [0.3, 0.4) is 0 Å². The average molecular weight is 549 g/mol. The highest BCUT2D eigenvalue weighted by Crippen LogP contribution is 2.32. The number of ether oxygens (including phenoxy) is 1. The number of hydrogen-bond donors (Lipinski definition) is 1. The Morgan fingerprint density at radius 3 is 2.44 bits per heavy atom. The lowest BCUT2D eigenvalue weighted by molar-refractivity contribution is -0.114. The maximum atomic E-state index is 11.7. The molecule has 0 fully saturated rings. The lowest BCUT2D eigenvalue weighted by Crippen LogP contribution is -2.24. The molecule has 0 bridgehead atoms. The molecule has 0 unspecified atom stereocenters. The molecule has 1 aromatic carbocycles. The van der Waals surface area contributed by atoms with Gasteiger partial charge in [0, 0.05) is 41.2 Å². The number of carbonyl (C=O) groups is 1. The number of hydrogen-bond acceptors (Lipinski definition) is 7. The fourth-order valence-electron chi connectivity index (χ4n) is 4.58. The van der Waals surface area contributed by atoms with Gasteiger partial charge < -0.3 is 15.0 Å². The summed E-state index contributed by atoms with van der Waals surface area (Å²) in [5, 5.41) is 19.2. The second kappa shape index (κ2) is 12.2. The van der Waals surface area contributed by atoms with Crippen molar-refractivity contribution >= 4 is 39.7 Å². The van der Waals surface area contributed by atoms with Crippen molar-refractivity contribution in [2.75, 3.05) is 30.4 Å². The second-order valence-electron chi connectivity index (χ2n) is 10.9. The van der Waals surface area contributed by atoms with Gasteiger partial charge >= 0.3 is 0 Å². The van der Waals surface area contributed by atoms with Gasteiger partial charge in [-0.05, 0) is 49.2 Å². The number of rotatable bonds is 11. The Morgan fingerprint density at radius 2 is 1.82 bits per heavy atom. The van der Waals surface area contributed by atoms with Gasteiger partial charge in [0.25, 0.3) is 0 Å². The summed E-state index contributed by atoms with van der Waals surface area (Å²) in [4.78, 5) is 15.3. The summed E-state index contributed by atoms with van der Waals surface area (Å²) >= 11 is 1.81. The van der Waals surface area contributed by atoms with Gasteiger partial charge in [0.2, 0.25) is 5.91 Å². The molecule has 208 valence electrons. The maximum Gasteiger partial charge on any atom is 0.221 e. The van der Waals surface area contributed by atoms with Crippen molar-refractivity contribution in [2.24, 2.45) is 0 Å². The lowest BCUT2D eigenvalue weighted by Gasteiger charge is -2.22. The number of amides is 1. The molecule has 3 aromatic heterocycles. The number of fused-ring (bicyclic) bond motifs is 1. The number of methoxy groups -OCH3 is 1. The van der Waals surface area contributed by atoms with Crippen LogP contribution in [0, 0.1) is 0 Å². The number of carbonyl (C=O) groups excluding carboxylic acids is 1. The fourth-order valence-corrected chi connectivity index (χ4v) is 5.59. The van der Waals surface area contributed by atoms with E-state index in [2.05, 4.69) is 73.2 Å². The monoisotopic (exact) mass is 548 g/mol. The van der Waals surface area contributed by atoms with Crippen molar-refractivity contribution in [3.63, 3.8) is 0 Å². The van der Waals surface area contributed by atoms with E-state index in [-0.39, 0.29) is 11.3 Å². The van der Waals surface area contributed by atoms with Gasteiger partial charge in [-0.15, -0.1) is 21.5 Å². The molecule has 9 heteroatoms. The van der Waals surface area contributed by atoms with Crippen molar-refractivity contribution in [2.45, 2.75) is 72.6 Å². The molecule has 4 rings (SSSR count). The van der Waals surface area contributed by atoms with Crippen LogP contribution in [-0.2, 0) is 10.2 Å². The first-order valence-electron chi connectivity index (χ1n) is 13.7. The Hall–Kier alpha value is -3.46. The van der Waals surface area contributed by atoms with E-state index in [1.54, 1.807) is 17.7 Å². The van der Waals surface area contributed by atoms with Gasteiger partial charge in [-0.25, -0.2) is 0 Å². The Balaban J connectivity index is 1.82. The van der Waals surface area contributed by atoms with Crippen molar-refractivity contribution < 1.29 is 9.53 Å². The molecule has 0 spiro atoms. The van der Waals surface area contributed by atoms with E-state index in [4.69, 9.17) is 9.84 Å². The molecule has 0 saturated heterocycles. The summed E-state index contributed by atoms with van der Waals surface area (Å²) in [7, 11) is 1.62. The van der Waals surface area contributed by atoms with E-state index in [1.807, 2.05) is 23.5 Å². The third-order valence-electron chi connectivity index (χ3n) is 6.58. The minimum atomic E-state index is -0.208. The van der Waals surface area contributed by atoms with Crippen LogP contribution in [0.15, 0.2) is 30.3 Å². The lowest BCUT2D eigenvalue weighted by atomic mass is 9.91. The number of nitrogens with zero attached hydrogens (tertiary/aromatic N) is 5. The topological polar surface area (TPSA) is 84.7 Å². The summed E-state index contributed by atoms with van der Waals surface area (Å²) in [6.07, 6.45) is 6.95. The summed E-state index contributed by atoms with van der Waals surface area (Å²) in [5.74, 6) is 1.05. The van der Waals surface area contributed by atoms with Gasteiger partial charge in [0.05, 0.1) is 23.4 Å². The molecule has 0 aliphatic heterocycles. The molecule has 0 saturated carbocycles. The number of nitrogens with one attached hydrogen (secondary N) is 1. The first-order chi connectivity index (χ1) is 18.7. The van der Waals surface area contributed by atoms with Crippen LogP contribution in [0.1, 0.15) is 77.8 Å². The van der Waals surface area contributed by atoms with Crippen molar-refractivity contribution in [3.8, 4) is 17.1 Å². The van der Waals surface area contributed by atoms with Gasteiger partial charge in [-0.2, -0.15) is 9.61 Å². The Labute approximate surface area is 235 Å². The quantitative estimate of drug-likeness (QED) is 0.245. The second-order valence-corrected chi connectivity index (χ2v) is 12.0. The first kappa shape index (κ1) is 28.5. The first-order valence-corrected chi connectivity index (χ1v) is 14.6. The summed E-state index contributed by atoms with van der Waals surface area (Å²) < 4.78 is 7.42. The van der Waals surface area contributed by atoms with E-state index in [9.17, 15) is 4.79 Å². The predicted octanol–water partition coefficient (Wildman–Crippen LogP) is 6.07. The van der Waals surface area contributed by atoms with E-state index >= 15 is 0 Å². The van der Waals surface area contributed by atoms with Crippen molar-refractivity contribution in [1.82, 2.24) is 19.8 Å². The largest absolute Gasteiger partial charge is 0.496 e. The van der Waals surface area contributed by atoms with E-state index in [0.717, 1.165) is 28.9 Å². The maximum absolute atomic E-state index is 11.7. The molecule has 39 heavy (non-hydrogen) atoms. The minimum Gasteiger partial charge on any atom is -0.496 e. The highest BCUT2D eigenvalue weighted by Gasteiger charge is 2.25. The average Bonchev–Trinajstić information content (AvgIpc) is 3.60. The Morgan fingerprint density at radius 1 is 1.10 bits per heavy atom. The van der Waals surface area contributed by atoms with Crippen LogP contribution in [0.5, 0.6) is 5.75 Å². The zero-order valence-electron chi connectivity index (χ0n) is 24.2. The van der Waals surface area contributed by atoms with Crippen molar-refractivity contribution in [3.05, 3.63) is 46.1 Å². The van der Waals surface area contributed by atoms with Gasteiger partial charge in [-0.1, -0.05) is 47.5 Å². The summed E-state index contributed by atoms with van der Waals surface area (Å²) in [5.41, 5.74) is 2.81. The summed E-state index contributed by atoms with van der Waals surface area (Å²) in [6.45, 7) is 14.6. The van der Waals surface area contributed by atoms with Crippen LogP contribution in [0.25, 0.3) is 23.1 Å². The Kier molecular flexibility index (Phi) is 8.90. The molecule has 3 heterocycles. The van der Waals surface area contributed by atoms with Crippen LogP contribution in [0.4, 0.5) is 10.7 Å². The fraction of sp³-hybridized carbons (Fsp3) is 0.467. The third kappa shape index (κ3) is 6.41. The molecule has 1 N–H and O–H groups in total. The van der Waals surface area contributed by atoms with E-state index in [0.29, 0.717) is 28.5 Å². The van der Waals surface area contributed by atoms with Crippen LogP contribution < -0.4 is 20.2 Å². The molecule has 0 aliphatic carbocycles. The zero-order chi connectivity index (χ0) is 28.2. The molecule has 8 nitrogen and oxygen atoms in total. The van der Waals surface area contributed by atoms with Crippen LogP contribution in [-0.4, -0.2) is 45.9 Å². The van der Waals surface area contributed by atoms with Gasteiger partial charge in [0.15, 0.2) is 11.5 Å². The minimum absolute atomic E-state index is 0.144. The SMILES string of the molecule is CCCCN(CCCC)c1ccc(/C=c2/c(C(C)(C)C)nn3c(-c4cc(NC(C)=O)ccc4OC)nnc23)s1. The number of thiophene rings is 1. The van der Waals surface area contributed by atoms with Crippen molar-refractivity contribution in [1.29, 1.82) is 0 Å². The van der Waals surface area contributed by atoms with Gasteiger partial charge in [-0.3, -0.25) is 4.79 Å². The molecule has 0 aliphatic rings. The third-order valence-corrected chi connectivity index (χ3v) is 7.67. The highest BCUT2D eigenvalue weighted by molar-refractivity contribution is 7.16. The zero-order valence-corrected chi connectivity index (χ0v) is 25.0. The molecular weight excluding hydrogens is 508 g/mol. The summed E-state index contributed by atoms with van der Waals surface area (Å²) in [6, 6.07) is 9.90. The standard InChI is InChI=1S/C30H40N6O2S/c1-8-10-16-35(17-11-9-2)26-15-13-22(39-26)19-24-27(30(4,5)6)34-36-28(32-33-29(24)36)23-18-21(31-20(3)37)12-14-25(23)38-7/h12-15,18-19H,8-11,16-17H2,1-7H3,(H,31,37)/b24-19-. The number of benzene rings is 1. The predicted molar refractivity (Wildman–Crippen MR) is 161 cm³/mol. The molecule has 4 aromatic rings. The van der Waals surface area contributed by atoms with E-state index in [1.165, 1.54) is 37.6 Å². The number of anilines is 2. The number of aromatic nitrogens is 4. The van der Waals surface area contributed by atoms with E-state index < -0.39 is 0 Å². The molecule has 0 radical (unpaired) electrons.